The van der Waals surface area contributed by atoms with Crippen molar-refractivity contribution >= 4 is 33.3 Å². The first kappa shape index (κ1) is 20.8. The number of sulfone groups is 1. The Labute approximate surface area is 184 Å². The number of halogens is 1. The molecule has 0 saturated heterocycles. The summed E-state index contributed by atoms with van der Waals surface area (Å²) < 4.78 is 25.2. The van der Waals surface area contributed by atoms with E-state index in [1.54, 1.807) is 66.7 Å². The third-order valence-corrected chi connectivity index (χ3v) is 6.52. The lowest BCUT2D eigenvalue weighted by molar-refractivity contribution is 0.102. The van der Waals surface area contributed by atoms with Gasteiger partial charge in [0.1, 0.15) is 0 Å². The van der Waals surface area contributed by atoms with Gasteiger partial charge in [0, 0.05) is 11.1 Å². The van der Waals surface area contributed by atoms with Crippen LogP contribution < -0.4 is 5.32 Å². The third kappa shape index (κ3) is 4.82. The Morgan fingerprint density at radius 1 is 0.968 bits per heavy atom. The summed E-state index contributed by atoms with van der Waals surface area (Å²) in [4.78, 5) is 17.1. The van der Waals surface area contributed by atoms with E-state index in [9.17, 15) is 13.2 Å². The normalized spacial score (nSPS) is 11.3. The highest BCUT2D eigenvalue weighted by molar-refractivity contribution is 7.90. The van der Waals surface area contributed by atoms with E-state index >= 15 is 0 Å². The molecule has 0 saturated carbocycles. The molecule has 0 aliphatic heterocycles. The first-order valence-corrected chi connectivity index (χ1v) is 11.3. The molecule has 0 aliphatic carbocycles. The van der Waals surface area contributed by atoms with Gasteiger partial charge < -0.3 is 0 Å². The molecule has 4 aromatic rings. The van der Waals surface area contributed by atoms with E-state index in [1.165, 1.54) is 6.07 Å². The molecule has 1 amide bonds. The van der Waals surface area contributed by atoms with Gasteiger partial charge in [-0.3, -0.25) is 15.2 Å². The average molecular weight is 453 g/mol. The lowest BCUT2D eigenvalue weighted by Gasteiger charge is -2.07. The van der Waals surface area contributed by atoms with Crippen LogP contribution in [0, 0.1) is 0 Å². The van der Waals surface area contributed by atoms with Crippen molar-refractivity contribution in [2.24, 2.45) is 0 Å². The predicted octanol–water partition coefficient (Wildman–Crippen LogP) is 4.35. The molecule has 7 nitrogen and oxygen atoms in total. The monoisotopic (exact) mass is 452 g/mol. The fraction of sp³-hybridized carbons (Fsp3) is 0.0455. The molecule has 0 spiro atoms. The van der Waals surface area contributed by atoms with E-state index in [2.05, 4.69) is 20.5 Å². The standard InChI is InChI=1S/C22H17ClN4O3S/c23-19-12-5-4-11-18(19)20-24-22(27-26-20)25-21(28)16-8-6-7-15(13-16)14-31(29,30)17-9-2-1-3-10-17/h1-13H,14H2,(H2,24,25,26,27,28). The molecule has 0 unspecified atom stereocenters. The minimum Gasteiger partial charge on any atom is -0.289 e. The number of nitrogens with zero attached hydrogens (tertiary/aromatic N) is 2. The van der Waals surface area contributed by atoms with Gasteiger partial charge in [-0.05, 0) is 42.0 Å². The van der Waals surface area contributed by atoms with Crippen molar-refractivity contribution < 1.29 is 13.2 Å². The van der Waals surface area contributed by atoms with Crippen molar-refractivity contribution in [1.29, 1.82) is 0 Å². The lowest BCUT2D eigenvalue weighted by Crippen LogP contribution is -2.14. The van der Waals surface area contributed by atoms with Crippen LogP contribution in [0.5, 0.6) is 0 Å². The van der Waals surface area contributed by atoms with Gasteiger partial charge in [0.15, 0.2) is 15.7 Å². The van der Waals surface area contributed by atoms with Gasteiger partial charge in [0.05, 0.1) is 15.7 Å². The van der Waals surface area contributed by atoms with E-state index in [4.69, 9.17) is 11.6 Å². The minimum atomic E-state index is -3.52. The van der Waals surface area contributed by atoms with Crippen molar-refractivity contribution in [3.8, 4) is 11.4 Å². The number of anilines is 1. The van der Waals surface area contributed by atoms with Crippen LogP contribution in [-0.4, -0.2) is 29.5 Å². The Morgan fingerprint density at radius 3 is 2.48 bits per heavy atom. The largest absolute Gasteiger partial charge is 0.289 e. The maximum atomic E-state index is 12.6. The number of hydrogen-bond donors (Lipinski definition) is 2. The number of amides is 1. The van der Waals surface area contributed by atoms with Crippen molar-refractivity contribution in [3.63, 3.8) is 0 Å². The molecule has 2 N–H and O–H groups in total. The third-order valence-electron chi connectivity index (χ3n) is 4.49. The summed E-state index contributed by atoms with van der Waals surface area (Å²) >= 11 is 6.16. The Bertz CT molecular complexity index is 1340. The Balaban J connectivity index is 1.50. The zero-order valence-corrected chi connectivity index (χ0v) is 17.7. The summed E-state index contributed by atoms with van der Waals surface area (Å²) in [5.41, 5.74) is 1.46. The summed E-state index contributed by atoms with van der Waals surface area (Å²) in [6, 6.07) is 21.8. The molecule has 1 heterocycles. The van der Waals surface area contributed by atoms with E-state index in [-0.39, 0.29) is 16.6 Å². The molecule has 1 aromatic heterocycles. The second-order valence-corrected chi connectivity index (χ2v) is 9.11. The zero-order valence-electron chi connectivity index (χ0n) is 16.1. The molecule has 31 heavy (non-hydrogen) atoms. The average Bonchev–Trinajstić information content (AvgIpc) is 3.23. The summed E-state index contributed by atoms with van der Waals surface area (Å²) in [5.74, 6) is -0.162. The van der Waals surface area contributed by atoms with Gasteiger partial charge in [-0.2, -0.15) is 4.98 Å². The Hall–Kier alpha value is -3.49. The topological polar surface area (TPSA) is 105 Å². The van der Waals surface area contributed by atoms with Gasteiger partial charge in [-0.25, -0.2) is 8.42 Å². The lowest BCUT2D eigenvalue weighted by atomic mass is 10.1. The molecular formula is C22H17ClN4O3S. The molecule has 4 rings (SSSR count). The van der Waals surface area contributed by atoms with Crippen LogP contribution in [0.4, 0.5) is 5.95 Å². The number of nitrogens with one attached hydrogen (secondary N) is 2. The van der Waals surface area contributed by atoms with Crippen LogP contribution in [0.15, 0.2) is 83.8 Å². The molecule has 156 valence electrons. The number of aromatic amines is 1. The van der Waals surface area contributed by atoms with Crippen LogP contribution in [0.25, 0.3) is 11.4 Å². The highest BCUT2D eigenvalue weighted by atomic mass is 35.5. The van der Waals surface area contributed by atoms with Crippen LogP contribution in [-0.2, 0) is 15.6 Å². The molecule has 0 atom stereocenters. The van der Waals surface area contributed by atoms with E-state index < -0.39 is 15.7 Å². The molecule has 0 fully saturated rings. The predicted molar refractivity (Wildman–Crippen MR) is 119 cm³/mol. The summed E-state index contributed by atoms with van der Waals surface area (Å²) in [5, 5.41) is 9.85. The number of benzene rings is 3. The van der Waals surface area contributed by atoms with Gasteiger partial charge in [0.25, 0.3) is 5.91 Å². The molecular weight excluding hydrogens is 436 g/mol. The van der Waals surface area contributed by atoms with Gasteiger partial charge in [0.2, 0.25) is 5.95 Å². The highest BCUT2D eigenvalue weighted by Gasteiger charge is 2.17. The quantitative estimate of drug-likeness (QED) is 0.452. The first-order valence-electron chi connectivity index (χ1n) is 9.28. The molecule has 3 aromatic carbocycles. The second-order valence-electron chi connectivity index (χ2n) is 6.71. The number of aromatic nitrogens is 3. The number of hydrogen-bond acceptors (Lipinski definition) is 5. The van der Waals surface area contributed by atoms with E-state index in [0.717, 1.165) is 0 Å². The van der Waals surface area contributed by atoms with Gasteiger partial charge >= 0.3 is 0 Å². The second kappa shape index (κ2) is 8.71. The Morgan fingerprint density at radius 2 is 1.71 bits per heavy atom. The maximum absolute atomic E-state index is 12.6. The molecule has 0 bridgehead atoms. The van der Waals surface area contributed by atoms with Crippen molar-refractivity contribution in [2.75, 3.05) is 5.32 Å². The fourth-order valence-electron chi connectivity index (χ4n) is 3.00. The van der Waals surface area contributed by atoms with Crippen molar-refractivity contribution in [3.05, 3.63) is 95.0 Å². The molecule has 9 heteroatoms. The molecule has 0 aliphatic rings. The van der Waals surface area contributed by atoms with Crippen LogP contribution in [0.3, 0.4) is 0 Å². The van der Waals surface area contributed by atoms with Crippen LogP contribution in [0.2, 0.25) is 5.02 Å². The SMILES string of the molecule is O=C(Nc1n[nH]c(-c2ccccc2Cl)n1)c1cccc(CS(=O)(=O)c2ccccc2)c1. The number of carbonyl (C=O) groups is 1. The van der Waals surface area contributed by atoms with E-state index in [1.807, 2.05) is 6.07 Å². The maximum Gasteiger partial charge on any atom is 0.258 e. The van der Waals surface area contributed by atoms with Crippen LogP contribution >= 0.6 is 11.6 Å². The number of carbonyl (C=O) groups excluding carboxylic acids is 1. The van der Waals surface area contributed by atoms with Gasteiger partial charge in [-0.1, -0.05) is 54.1 Å². The molecule has 0 radical (unpaired) electrons. The Kier molecular flexibility index (Phi) is 5.83. The van der Waals surface area contributed by atoms with Gasteiger partial charge in [-0.15, -0.1) is 5.10 Å². The zero-order chi connectivity index (χ0) is 21.8. The number of H-pyrrole nitrogens is 1. The highest BCUT2D eigenvalue weighted by Crippen LogP contribution is 2.25. The minimum absolute atomic E-state index is 0.0854. The number of rotatable bonds is 6. The van der Waals surface area contributed by atoms with Crippen molar-refractivity contribution in [2.45, 2.75) is 10.6 Å². The van der Waals surface area contributed by atoms with E-state index in [0.29, 0.717) is 27.5 Å². The summed E-state index contributed by atoms with van der Waals surface area (Å²) in [6.07, 6.45) is 0. The smallest absolute Gasteiger partial charge is 0.258 e. The fourth-order valence-corrected chi connectivity index (χ4v) is 4.58. The first-order chi connectivity index (χ1) is 14.9. The summed E-state index contributed by atoms with van der Waals surface area (Å²) in [6.45, 7) is 0. The van der Waals surface area contributed by atoms with Crippen molar-refractivity contribution in [1.82, 2.24) is 15.2 Å². The van der Waals surface area contributed by atoms with Crippen LogP contribution in [0.1, 0.15) is 15.9 Å². The summed E-state index contributed by atoms with van der Waals surface area (Å²) in [7, 11) is -3.52.